The molecule has 1 saturated carbocycles. The summed E-state index contributed by atoms with van der Waals surface area (Å²) in [6.45, 7) is 4.46. The second kappa shape index (κ2) is 5.78. The van der Waals surface area contributed by atoms with Gasteiger partial charge in [-0.25, -0.2) is 0 Å². The van der Waals surface area contributed by atoms with E-state index in [1.54, 1.807) is 11.9 Å². The molecule has 106 valence electrons. The molecule has 0 spiro atoms. The first-order valence-corrected chi connectivity index (χ1v) is 7.11. The van der Waals surface area contributed by atoms with Crippen molar-refractivity contribution < 1.29 is 14.3 Å². The molecule has 1 aliphatic carbocycles. The highest BCUT2D eigenvalue weighted by Gasteiger charge is 2.31. The zero-order valence-corrected chi connectivity index (χ0v) is 12.0. The van der Waals surface area contributed by atoms with Gasteiger partial charge in [0, 0.05) is 20.0 Å². The Kier molecular flexibility index (Phi) is 4.30. The number of hydrogen-bond acceptors (Lipinski definition) is 3. The Balaban J connectivity index is 2.03. The molecular formula is C15H23NO3. The molecule has 1 N–H and O–H groups in total. The van der Waals surface area contributed by atoms with Gasteiger partial charge < -0.3 is 14.4 Å². The topological polar surface area (TPSA) is 53.7 Å². The molecule has 1 unspecified atom stereocenters. The van der Waals surface area contributed by atoms with Crippen LogP contribution in [0.2, 0.25) is 0 Å². The zero-order valence-electron chi connectivity index (χ0n) is 12.0. The third-order valence-corrected chi connectivity index (χ3v) is 3.78. The lowest BCUT2D eigenvalue weighted by Crippen LogP contribution is -2.35. The Morgan fingerprint density at radius 2 is 2.16 bits per heavy atom. The third-order valence-electron chi connectivity index (χ3n) is 3.78. The minimum absolute atomic E-state index is 0.144. The smallest absolute Gasteiger partial charge is 0.289 e. The molecule has 1 heterocycles. The maximum atomic E-state index is 12.2. The van der Waals surface area contributed by atoms with Gasteiger partial charge in [-0.3, -0.25) is 4.79 Å². The van der Waals surface area contributed by atoms with E-state index in [2.05, 4.69) is 6.92 Å². The molecule has 4 heteroatoms. The van der Waals surface area contributed by atoms with Crippen molar-refractivity contribution in [1.29, 1.82) is 0 Å². The molecule has 0 aliphatic heterocycles. The number of aryl methyl sites for hydroxylation is 2. The van der Waals surface area contributed by atoms with E-state index >= 15 is 0 Å². The lowest BCUT2D eigenvalue weighted by atomic mass is 10.1. The third kappa shape index (κ3) is 3.18. The summed E-state index contributed by atoms with van der Waals surface area (Å²) in [6.07, 6.45) is 3.41. The number of amides is 1. The van der Waals surface area contributed by atoms with Crippen LogP contribution in [0.1, 0.15) is 48.6 Å². The minimum atomic E-state index is -0.403. The quantitative estimate of drug-likeness (QED) is 0.858. The summed E-state index contributed by atoms with van der Waals surface area (Å²) in [4.78, 5) is 13.8. The van der Waals surface area contributed by atoms with Gasteiger partial charge in [-0.15, -0.1) is 0 Å². The molecule has 0 radical (unpaired) electrons. The number of carbonyl (C=O) groups is 1. The monoisotopic (exact) mass is 265 g/mol. The maximum absolute atomic E-state index is 12.2. The average molecular weight is 265 g/mol. The van der Waals surface area contributed by atoms with Crippen LogP contribution in [0.3, 0.4) is 0 Å². The molecule has 4 nitrogen and oxygen atoms in total. The van der Waals surface area contributed by atoms with Crippen LogP contribution in [0, 0.1) is 5.92 Å². The van der Waals surface area contributed by atoms with Crippen LogP contribution < -0.4 is 0 Å². The van der Waals surface area contributed by atoms with E-state index in [4.69, 9.17) is 4.42 Å². The van der Waals surface area contributed by atoms with Crippen molar-refractivity contribution >= 4 is 5.91 Å². The second-order valence-corrected chi connectivity index (χ2v) is 5.36. The largest absolute Gasteiger partial charge is 0.456 e. The van der Waals surface area contributed by atoms with E-state index < -0.39 is 6.10 Å². The molecule has 1 aromatic heterocycles. The first-order valence-electron chi connectivity index (χ1n) is 7.11. The summed E-state index contributed by atoms with van der Waals surface area (Å²) in [5.41, 5.74) is 1.10. The van der Waals surface area contributed by atoms with Gasteiger partial charge in [-0.05, 0) is 36.8 Å². The highest BCUT2D eigenvalue weighted by molar-refractivity contribution is 5.91. The minimum Gasteiger partial charge on any atom is -0.456 e. The van der Waals surface area contributed by atoms with E-state index in [1.807, 2.05) is 13.0 Å². The average Bonchev–Trinajstić information content (AvgIpc) is 3.17. The number of aliphatic hydroxyl groups excluding tert-OH is 1. The van der Waals surface area contributed by atoms with E-state index in [-0.39, 0.29) is 5.91 Å². The van der Waals surface area contributed by atoms with E-state index in [1.165, 1.54) is 0 Å². The molecule has 1 aromatic rings. The summed E-state index contributed by atoms with van der Waals surface area (Å²) in [5, 5.41) is 9.88. The van der Waals surface area contributed by atoms with Gasteiger partial charge in [0.05, 0.1) is 6.10 Å². The van der Waals surface area contributed by atoms with Gasteiger partial charge in [-0.2, -0.15) is 0 Å². The fourth-order valence-electron chi connectivity index (χ4n) is 2.35. The van der Waals surface area contributed by atoms with Crippen molar-refractivity contribution in [2.45, 2.75) is 45.6 Å². The molecule has 0 saturated heterocycles. The van der Waals surface area contributed by atoms with Gasteiger partial charge >= 0.3 is 0 Å². The summed E-state index contributed by atoms with van der Waals surface area (Å²) in [6, 6.07) is 1.83. The van der Waals surface area contributed by atoms with Crippen molar-refractivity contribution in [2.75, 3.05) is 13.6 Å². The van der Waals surface area contributed by atoms with Gasteiger partial charge in [0.25, 0.3) is 5.91 Å². The Bertz CT molecular complexity index is 427. The lowest BCUT2D eigenvalue weighted by Gasteiger charge is -2.19. The van der Waals surface area contributed by atoms with Crippen molar-refractivity contribution in [2.24, 2.45) is 5.92 Å². The summed E-state index contributed by atoms with van der Waals surface area (Å²) in [5.74, 6) is 1.51. The number of rotatable bonds is 6. The predicted molar refractivity (Wildman–Crippen MR) is 73.2 cm³/mol. The number of likely N-dealkylation sites (N-methyl/N-ethyl adjacent to an activating group) is 1. The van der Waals surface area contributed by atoms with Crippen LogP contribution >= 0.6 is 0 Å². The molecule has 19 heavy (non-hydrogen) atoms. The van der Waals surface area contributed by atoms with E-state index in [0.717, 1.165) is 37.0 Å². The Labute approximate surface area is 114 Å². The van der Waals surface area contributed by atoms with Crippen LogP contribution in [0.25, 0.3) is 0 Å². The number of furan rings is 1. The van der Waals surface area contributed by atoms with E-state index in [0.29, 0.717) is 18.2 Å². The molecule has 2 rings (SSSR count). The van der Waals surface area contributed by atoms with Crippen LogP contribution in [-0.4, -0.2) is 35.6 Å². The molecule has 0 bridgehead atoms. The maximum Gasteiger partial charge on any atom is 0.289 e. The zero-order chi connectivity index (χ0) is 14.0. The number of hydrogen-bond donors (Lipinski definition) is 1. The van der Waals surface area contributed by atoms with Gasteiger partial charge in [0.1, 0.15) is 5.76 Å². The second-order valence-electron chi connectivity index (χ2n) is 5.36. The Morgan fingerprint density at radius 1 is 1.47 bits per heavy atom. The standard InChI is InChI=1S/C15H23NO3/c1-4-10-8-14(19-13(10)5-2)15(18)16(3)9-12(17)11-6-7-11/h8,11-12,17H,4-7,9H2,1-3H3. The lowest BCUT2D eigenvalue weighted by molar-refractivity contribution is 0.0616. The summed E-state index contributed by atoms with van der Waals surface area (Å²) >= 11 is 0. The highest BCUT2D eigenvalue weighted by atomic mass is 16.4. The van der Waals surface area contributed by atoms with Crippen molar-refractivity contribution in [1.82, 2.24) is 4.90 Å². The molecule has 1 fully saturated rings. The number of nitrogens with zero attached hydrogens (tertiary/aromatic N) is 1. The van der Waals surface area contributed by atoms with Gasteiger partial charge in [0.15, 0.2) is 5.76 Å². The normalized spacial score (nSPS) is 16.4. The number of carbonyl (C=O) groups excluding carboxylic acids is 1. The fraction of sp³-hybridized carbons (Fsp3) is 0.667. The first kappa shape index (κ1) is 14.1. The molecule has 0 aromatic carbocycles. The van der Waals surface area contributed by atoms with Gasteiger partial charge in [0.2, 0.25) is 0 Å². The van der Waals surface area contributed by atoms with Crippen LogP contribution in [-0.2, 0) is 12.8 Å². The fourth-order valence-corrected chi connectivity index (χ4v) is 2.35. The molecule has 1 aliphatic rings. The summed E-state index contributed by atoms with van der Waals surface area (Å²) in [7, 11) is 1.72. The highest BCUT2D eigenvalue weighted by Crippen LogP contribution is 2.32. The number of aliphatic hydroxyl groups is 1. The Morgan fingerprint density at radius 3 is 2.63 bits per heavy atom. The van der Waals surface area contributed by atoms with Crippen molar-refractivity contribution in [3.8, 4) is 0 Å². The van der Waals surface area contributed by atoms with Crippen LogP contribution in [0.15, 0.2) is 10.5 Å². The van der Waals surface area contributed by atoms with Crippen LogP contribution in [0.5, 0.6) is 0 Å². The molecular weight excluding hydrogens is 242 g/mol. The molecule has 1 amide bonds. The van der Waals surface area contributed by atoms with Crippen molar-refractivity contribution in [3.63, 3.8) is 0 Å². The van der Waals surface area contributed by atoms with Crippen molar-refractivity contribution in [3.05, 3.63) is 23.2 Å². The van der Waals surface area contributed by atoms with Crippen LogP contribution in [0.4, 0.5) is 0 Å². The SMILES string of the molecule is CCc1cc(C(=O)N(C)CC(O)C2CC2)oc1CC. The van der Waals surface area contributed by atoms with Gasteiger partial charge in [-0.1, -0.05) is 13.8 Å². The molecule has 1 atom stereocenters. The predicted octanol–water partition coefficient (Wildman–Crippen LogP) is 2.25. The summed E-state index contributed by atoms with van der Waals surface area (Å²) < 4.78 is 5.62. The Hall–Kier alpha value is -1.29. The van der Waals surface area contributed by atoms with E-state index in [9.17, 15) is 9.90 Å². The first-order chi connectivity index (χ1) is 9.06.